The molecular formula is C12H20N4. The van der Waals surface area contributed by atoms with E-state index in [1.54, 1.807) is 0 Å². The first-order valence-corrected chi connectivity index (χ1v) is 5.78. The highest BCUT2D eigenvalue weighted by Crippen LogP contribution is 2.45. The lowest BCUT2D eigenvalue weighted by molar-refractivity contribution is 0.561. The fraction of sp³-hybridized carbons (Fsp3) is 0.667. The third-order valence-electron chi connectivity index (χ3n) is 3.10. The maximum absolute atomic E-state index is 5.45. The average Bonchev–Trinajstić information content (AvgIpc) is 2.93. The number of nitrogens with zero attached hydrogens (tertiary/aromatic N) is 2. The van der Waals surface area contributed by atoms with Crippen LogP contribution in [0.4, 0.5) is 5.82 Å². The minimum Gasteiger partial charge on any atom is -0.308 e. The van der Waals surface area contributed by atoms with Crippen LogP contribution >= 0.6 is 0 Å². The Hall–Kier alpha value is -1.16. The van der Waals surface area contributed by atoms with Crippen LogP contribution in [0.15, 0.2) is 6.07 Å². The Balaban J connectivity index is 2.39. The van der Waals surface area contributed by atoms with Crippen LogP contribution in [0, 0.1) is 5.92 Å². The number of hydrazine groups is 1. The molecular weight excluding hydrogens is 200 g/mol. The number of anilines is 1. The van der Waals surface area contributed by atoms with Crippen molar-refractivity contribution < 1.29 is 0 Å². The molecule has 0 radical (unpaired) electrons. The van der Waals surface area contributed by atoms with E-state index < -0.39 is 0 Å². The molecule has 1 aromatic heterocycles. The van der Waals surface area contributed by atoms with E-state index in [0.717, 1.165) is 11.5 Å². The molecule has 1 saturated carbocycles. The topological polar surface area (TPSA) is 63.8 Å². The van der Waals surface area contributed by atoms with E-state index in [9.17, 15) is 0 Å². The van der Waals surface area contributed by atoms with Crippen molar-refractivity contribution in [1.82, 2.24) is 9.97 Å². The zero-order valence-electron chi connectivity index (χ0n) is 10.4. The van der Waals surface area contributed by atoms with Crippen molar-refractivity contribution in [3.63, 3.8) is 0 Å². The summed E-state index contributed by atoms with van der Waals surface area (Å²) in [5, 5.41) is 0. The molecule has 0 aliphatic heterocycles. The lowest BCUT2D eigenvalue weighted by atomic mass is 9.92. The summed E-state index contributed by atoms with van der Waals surface area (Å²) in [6.45, 7) is 8.68. The molecule has 1 aliphatic rings. The second kappa shape index (κ2) is 3.70. The predicted molar refractivity (Wildman–Crippen MR) is 65.1 cm³/mol. The van der Waals surface area contributed by atoms with Gasteiger partial charge in [-0.3, -0.25) is 0 Å². The third kappa shape index (κ3) is 2.16. The van der Waals surface area contributed by atoms with Crippen molar-refractivity contribution in [2.45, 2.75) is 45.4 Å². The van der Waals surface area contributed by atoms with Crippen LogP contribution < -0.4 is 11.3 Å². The normalized spacial score (nSPS) is 24.3. The maximum atomic E-state index is 5.45. The van der Waals surface area contributed by atoms with Crippen molar-refractivity contribution in [3.8, 4) is 0 Å². The molecule has 0 amide bonds. The monoisotopic (exact) mass is 220 g/mol. The van der Waals surface area contributed by atoms with E-state index >= 15 is 0 Å². The van der Waals surface area contributed by atoms with Crippen LogP contribution in [-0.4, -0.2) is 9.97 Å². The van der Waals surface area contributed by atoms with Crippen LogP contribution in [-0.2, 0) is 5.41 Å². The zero-order chi connectivity index (χ0) is 11.9. The summed E-state index contributed by atoms with van der Waals surface area (Å²) in [6.07, 6.45) is 1.19. The molecule has 16 heavy (non-hydrogen) atoms. The van der Waals surface area contributed by atoms with Crippen molar-refractivity contribution >= 4 is 5.82 Å². The van der Waals surface area contributed by atoms with Crippen molar-refractivity contribution in [2.24, 2.45) is 11.8 Å². The molecule has 4 heteroatoms. The Kier molecular flexibility index (Phi) is 2.62. The summed E-state index contributed by atoms with van der Waals surface area (Å²) in [4.78, 5) is 9.09. The van der Waals surface area contributed by atoms with Crippen LogP contribution in [0.25, 0.3) is 0 Å². The molecule has 2 rings (SSSR count). The first-order chi connectivity index (χ1) is 7.41. The maximum Gasteiger partial charge on any atom is 0.143 e. The van der Waals surface area contributed by atoms with Gasteiger partial charge in [0.05, 0.1) is 5.69 Å². The van der Waals surface area contributed by atoms with Gasteiger partial charge in [-0.05, 0) is 12.3 Å². The Bertz CT molecular complexity index is 394. The largest absolute Gasteiger partial charge is 0.308 e. The van der Waals surface area contributed by atoms with Gasteiger partial charge in [0, 0.05) is 17.4 Å². The van der Waals surface area contributed by atoms with E-state index in [2.05, 4.69) is 43.1 Å². The predicted octanol–water partition coefficient (Wildman–Crippen LogP) is 2.18. The summed E-state index contributed by atoms with van der Waals surface area (Å²) in [5.41, 5.74) is 3.70. The molecule has 88 valence electrons. The Morgan fingerprint density at radius 3 is 2.44 bits per heavy atom. The summed E-state index contributed by atoms with van der Waals surface area (Å²) in [5.74, 6) is 8.33. The molecule has 0 aromatic carbocycles. The van der Waals surface area contributed by atoms with Gasteiger partial charge in [-0.25, -0.2) is 15.8 Å². The number of aromatic nitrogens is 2. The number of hydrogen-bond donors (Lipinski definition) is 2. The van der Waals surface area contributed by atoms with Gasteiger partial charge in [-0.15, -0.1) is 0 Å². The van der Waals surface area contributed by atoms with E-state index in [1.807, 2.05) is 6.07 Å². The quantitative estimate of drug-likeness (QED) is 0.592. The Morgan fingerprint density at radius 1 is 1.38 bits per heavy atom. The van der Waals surface area contributed by atoms with E-state index in [0.29, 0.717) is 17.7 Å². The molecule has 1 heterocycles. The minimum absolute atomic E-state index is 0.0292. The fourth-order valence-corrected chi connectivity index (χ4v) is 1.77. The zero-order valence-corrected chi connectivity index (χ0v) is 10.4. The first-order valence-electron chi connectivity index (χ1n) is 5.78. The highest BCUT2D eigenvalue weighted by atomic mass is 15.3. The highest BCUT2D eigenvalue weighted by Gasteiger charge is 2.37. The second-order valence-electron chi connectivity index (χ2n) is 5.71. The van der Waals surface area contributed by atoms with Crippen LogP contribution in [0.3, 0.4) is 0 Å². The van der Waals surface area contributed by atoms with Gasteiger partial charge in [-0.1, -0.05) is 27.7 Å². The van der Waals surface area contributed by atoms with E-state index in [1.165, 1.54) is 6.42 Å². The first kappa shape index (κ1) is 11.3. The Morgan fingerprint density at radius 2 is 2.00 bits per heavy atom. The van der Waals surface area contributed by atoms with Crippen LogP contribution in [0.2, 0.25) is 0 Å². The smallest absolute Gasteiger partial charge is 0.143 e. The number of hydrogen-bond acceptors (Lipinski definition) is 4. The molecule has 3 N–H and O–H groups in total. The minimum atomic E-state index is 0.0292. The number of nitrogen functional groups attached to an aromatic ring is 1. The molecule has 1 aliphatic carbocycles. The molecule has 2 atom stereocenters. The van der Waals surface area contributed by atoms with Gasteiger partial charge in [0.25, 0.3) is 0 Å². The fourth-order valence-electron chi connectivity index (χ4n) is 1.77. The third-order valence-corrected chi connectivity index (χ3v) is 3.10. The van der Waals surface area contributed by atoms with E-state index in [4.69, 9.17) is 5.84 Å². The van der Waals surface area contributed by atoms with Gasteiger partial charge < -0.3 is 5.43 Å². The number of nitrogens with one attached hydrogen (secondary N) is 1. The molecule has 1 fully saturated rings. The number of nitrogens with two attached hydrogens (primary N) is 1. The standard InChI is InChI=1S/C12H20N4/c1-7-5-8(7)11-14-9(12(2,3)4)6-10(15-11)16-13/h6-8H,5,13H2,1-4H3,(H,14,15,16). The molecule has 0 spiro atoms. The number of rotatable bonds is 2. The van der Waals surface area contributed by atoms with Gasteiger partial charge in [0.1, 0.15) is 11.6 Å². The summed E-state index contributed by atoms with van der Waals surface area (Å²) < 4.78 is 0. The van der Waals surface area contributed by atoms with Crippen LogP contribution in [0.1, 0.15) is 51.6 Å². The van der Waals surface area contributed by atoms with Crippen molar-refractivity contribution in [2.75, 3.05) is 5.43 Å². The van der Waals surface area contributed by atoms with Crippen molar-refractivity contribution in [3.05, 3.63) is 17.6 Å². The van der Waals surface area contributed by atoms with Crippen molar-refractivity contribution in [1.29, 1.82) is 0 Å². The lowest BCUT2D eigenvalue weighted by Gasteiger charge is -2.19. The molecule has 2 unspecified atom stereocenters. The molecule has 1 aromatic rings. The second-order valence-corrected chi connectivity index (χ2v) is 5.71. The van der Waals surface area contributed by atoms with Crippen LogP contribution in [0.5, 0.6) is 0 Å². The van der Waals surface area contributed by atoms with Gasteiger partial charge >= 0.3 is 0 Å². The lowest BCUT2D eigenvalue weighted by Crippen LogP contribution is -2.18. The summed E-state index contributed by atoms with van der Waals surface area (Å²) in [6, 6.07) is 1.93. The molecule has 0 bridgehead atoms. The van der Waals surface area contributed by atoms with Gasteiger partial charge in [-0.2, -0.15) is 0 Å². The van der Waals surface area contributed by atoms with E-state index in [-0.39, 0.29) is 5.41 Å². The SMILES string of the molecule is CC1CC1c1nc(NN)cc(C(C)(C)C)n1. The highest BCUT2D eigenvalue weighted by molar-refractivity contribution is 5.37. The van der Waals surface area contributed by atoms with Gasteiger partial charge in [0.2, 0.25) is 0 Å². The summed E-state index contributed by atoms with van der Waals surface area (Å²) in [7, 11) is 0. The van der Waals surface area contributed by atoms with Gasteiger partial charge in [0.15, 0.2) is 0 Å². The molecule has 0 saturated heterocycles. The summed E-state index contributed by atoms with van der Waals surface area (Å²) >= 11 is 0. The average molecular weight is 220 g/mol. The Labute approximate surface area is 96.6 Å². The molecule has 4 nitrogen and oxygen atoms in total.